The molecule has 0 N–H and O–H groups in total. The summed E-state index contributed by atoms with van der Waals surface area (Å²) in [7, 11) is 0. The van der Waals surface area contributed by atoms with E-state index in [-0.39, 0.29) is 0 Å². The summed E-state index contributed by atoms with van der Waals surface area (Å²) in [6.45, 7) is 0. The van der Waals surface area contributed by atoms with Crippen molar-refractivity contribution in [3.05, 3.63) is 108 Å². The molecule has 0 spiro atoms. The molecule has 0 radical (unpaired) electrons. The van der Waals surface area contributed by atoms with Gasteiger partial charge < -0.3 is 13.2 Å². The fourth-order valence-corrected chi connectivity index (χ4v) is 11.7. The molecule has 4 nitrogen and oxygen atoms in total. The zero-order valence-electron chi connectivity index (χ0n) is 27.3. The topological polar surface area (TPSA) is 43.6 Å². The van der Waals surface area contributed by atoms with Gasteiger partial charge in [0.1, 0.15) is 22.3 Å². The van der Waals surface area contributed by atoms with Gasteiger partial charge in [-0.15, -0.1) is 0 Å². The molecule has 50 heavy (non-hydrogen) atoms. The lowest BCUT2D eigenvalue weighted by atomic mass is 9.67. The van der Waals surface area contributed by atoms with Gasteiger partial charge in [-0.2, -0.15) is 0 Å². The number of benzene rings is 6. The molecule has 0 aliphatic heterocycles. The third-order valence-electron chi connectivity index (χ3n) is 13.4. The number of furan rings is 2. The summed E-state index contributed by atoms with van der Waals surface area (Å²) >= 11 is 0. The van der Waals surface area contributed by atoms with Crippen LogP contribution in [0.15, 0.2) is 106 Å². The van der Waals surface area contributed by atoms with Crippen molar-refractivity contribution in [3.8, 4) is 0 Å². The predicted molar refractivity (Wildman–Crippen MR) is 204 cm³/mol. The molecule has 2 fully saturated rings. The third kappa shape index (κ3) is 2.82. The maximum atomic E-state index is 7.11. The molecule has 4 heteroatoms. The second-order valence-electron chi connectivity index (χ2n) is 15.9. The minimum Gasteiger partial charge on any atom is -0.455 e. The van der Waals surface area contributed by atoms with Crippen LogP contribution in [0.25, 0.3) is 104 Å². The molecule has 5 aromatic heterocycles. The molecule has 4 bridgehead atoms. The standard InChI is InChI=1S/C46H30N2O2/c1-2-8-25-19-36-31(18-24(25)7-1)32-20-33-39-43(29-10-4-3-9-28(29)38-30-11-5-6-12-35(30)49-46(38)39)48-34-21-47-42-27-16-22-13-23(17-27)15-26(14-22)37(42)40(34)41(44(33)48)45(32)50-36/h1-12,18-23,26-27H,13-17H2. The molecule has 6 aromatic carbocycles. The number of aromatic nitrogens is 2. The summed E-state index contributed by atoms with van der Waals surface area (Å²) in [5.41, 5.74) is 10.4. The fourth-order valence-electron chi connectivity index (χ4n) is 11.7. The molecule has 4 aliphatic carbocycles. The zero-order chi connectivity index (χ0) is 32.0. The Bertz CT molecular complexity index is 3330. The molecule has 15 rings (SSSR count). The van der Waals surface area contributed by atoms with Gasteiger partial charge in [0, 0.05) is 49.3 Å². The minimum atomic E-state index is 0.552. The Labute approximate surface area is 285 Å². The lowest BCUT2D eigenvalue weighted by Crippen LogP contribution is -2.25. The molecule has 4 aliphatic rings. The van der Waals surface area contributed by atoms with E-state index in [2.05, 4.69) is 102 Å². The number of fused-ring (bicyclic) bond motifs is 18. The summed E-state index contributed by atoms with van der Waals surface area (Å²) in [5.74, 6) is 2.76. The van der Waals surface area contributed by atoms with Gasteiger partial charge in [0.2, 0.25) is 0 Å². The van der Waals surface area contributed by atoms with E-state index in [1.807, 2.05) is 0 Å². The van der Waals surface area contributed by atoms with Crippen LogP contribution in [-0.4, -0.2) is 9.38 Å². The smallest absolute Gasteiger partial charge is 0.146 e. The zero-order valence-corrected chi connectivity index (χ0v) is 27.3. The van der Waals surface area contributed by atoms with Crippen molar-refractivity contribution < 1.29 is 8.83 Å². The highest BCUT2D eigenvalue weighted by Gasteiger charge is 2.44. The first-order chi connectivity index (χ1) is 24.8. The fraction of sp³-hybridized carbons (Fsp3) is 0.196. The first kappa shape index (κ1) is 25.4. The van der Waals surface area contributed by atoms with Crippen LogP contribution in [0.5, 0.6) is 0 Å². The Morgan fingerprint density at radius 3 is 2.08 bits per heavy atom. The third-order valence-corrected chi connectivity index (χ3v) is 13.4. The quantitative estimate of drug-likeness (QED) is 0.165. The molecule has 2 unspecified atom stereocenters. The van der Waals surface area contributed by atoms with Crippen molar-refractivity contribution >= 4 is 104 Å². The molecule has 2 atom stereocenters. The van der Waals surface area contributed by atoms with Crippen LogP contribution in [0.2, 0.25) is 0 Å². The molecule has 0 amide bonds. The maximum absolute atomic E-state index is 7.11. The van der Waals surface area contributed by atoms with E-state index in [4.69, 9.17) is 13.8 Å². The van der Waals surface area contributed by atoms with Crippen LogP contribution in [0, 0.1) is 11.8 Å². The van der Waals surface area contributed by atoms with Crippen molar-refractivity contribution in [1.82, 2.24) is 9.38 Å². The predicted octanol–water partition coefficient (Wildman–Crippen LogP) is 12.7. The van der Waals surface area contributed by atoms with E-state index in [0.717, 1.165) is 34.2 Å². The second kappa shape index (κ2) is 8.39. The molecule has 236 valence electrons. The Morgan fingerprint density at radius 2 is 1.22 bits per heavy atom. The lowest BCUT2D eigenvalue weighted by Gasteiger charge is -2.38. The van der Waals surface area contributed by atoms with Crippen LogP contribution >= 0.6 is 0 Å². The van der Waals surface area contributed by atoms with E-state index < -0.39 is 0 Å². The molecular weight excluding hydrogens is 613 g/mol. The van der Waals surface area contributed by atoms with Gasteiger partial charge in [-0.1, -0.05) is 66.7 Å². The highest BCUT2D eigenvalue weighted by Crippen LogP contribution is 2.59. The van der Waals surface area contributed by atoms with Crippen LogP contribution < -0.4 is 0 Å². The maximum Gasteiger partial charge on any atom is 0.146 e. The van der Waals surface area contributed by atoms with Gasteiger partial charge in [-0.3, -0.25) is 4.98 Å². The van der Waals surface area contributed by atoms with Gasteiger partial charge in [-0.25, -0.2) is 0 Å². The van der Waals surface area contributed by atoms with Gasteiger partial charge in [0.25, 0.3) is 0 Å². The number of para-hydroxylation sites is 1. The summed E-state index contributed by atoms with van der Waals surface area (Å²) in [6.07, 6.45) is 8.81. The number of hydrogen-bond donors (Lipinski definition) is 0. The minimum absolute atomic E-state index is 0.552. The second-order valence-corrected chi connectivity index (χ2v) is 15.9. The number of nitrogens with zero attached hydrogens (tertiary/aromatic N) is 2. The first-order valence-electron chi connectivity index (χ1n) is 18.4. The summed E-state index contributed by atoms with van der Waals surface area (Å²) in [4.78, 5) is 5.47. The van der Waals surface area contributed by atoms with Crippen molar-refractivity contribution in [1.29, 1.82) is 0 Å². The summed E-state index contributed by atoms with van der Waals surface area (Å²) < 4.78 is 16.6. The van der Waals surface area contributed by atoms with E-state index >= 15 is 0 Å². The Balaban J connectivity index is 1.30. The summed E-state index contributed by atoms with van der Waals surface area (Å²) in [5, 5.41) is 14.7. The van der Waals surface area contributed by atoms with Gasteiger partial charge in [0.05, 0.1) is 33.5 Å². The van der Waals surface area contributed by atoms with E-state index in [1.54, 1.807) is 0 Å². The van der Waals surface area contributed by atoms with Crippen LogP contribution in [0.1, 0.15) is 55.2 Å². The van der Waals surface area contributed by atoms with Crippen molar-refractivity contribution in [3.63, 3.8) is 0 Å². The molecule has 5 heterocycles. The number of hydrogen-bond acceptors (Lipinski definition) is 3. The Hall–Kier alpha value is -5.61. The van der Waals surface area contributed by atoms with Crippen LogP contribution in [0.3, 0.4) is 0 Å². The van der Waals surface area contributed by atoms with Crippen LogP contribution in [0.4, 0.5) is 0 Å². The molecule has 2 saturated carbocycles. The van der Waals surface area contributed by atoms with E-state index in [0.29, 0.717) is 11.8 Å². The SMILES string of the molecule is c1ccc2cc3c(cc2c1)oc1c3cc2c3c4oc5ccccc5c4c4ccccc4c3n3c4cnc5c(c4c1c23)C1CC2CC(CC5C2)C1. The summed E-state index contributed by atoms with van der Waals surface area (Å²) in [6, 6.07) is 33.1. The Morgan fingerprint density at radius 1 is 0.520 bits per heavy atom. The molecular formula is C46H30N2O2. The normalized spacial score (nSPS) is 22.0. The lowest BCUT2D eigenvalue weighted by molar-refractivity contribution is 0.165. The van der Waals surface area contributed by atoms with Gasteiger partial charge >= 0.3 is 0 Å². The van der Waals surface area contributed by atoms with Crippen molar-refractivity contribution in [2.24, 2.45) is 11.8 Å². The van der Waals surface area contributed by atoms with Crippen LogP contribution in [-0.2, 0) is 0 Å². The van der Waals surface area contributed by atoms with E-state index in [9.17, 15) is 0 Å². The average molecular weight is 643 g/mol. The molecule has 11 aromatic rings. The highest BCUT2D eigenvalue weighted by molar-refractivity contribution is 6.41. The number of rotatable bonds is 0. The molecule has 0 saturated heterocycles. The largest absolute Gasteiger partial charge is 0.455 e. The van der Waals surface area contributed by atoms with E-state index in [1.165, 1.54) is 125 Å². The average Bonchev–Trinajstić information content (AvgIpc) is 3.86. The van der Waals surface area contributed by atoms with Gasteiger partial charge in [0.15, 0.2) is 0 Å². The number of pyridine rings is 1. The monoisotopic (exact) mass is 642 g/mol. The first-order valence-corrected chi connectivity index (χ1v) is 18.4. The van der Waals surface area contributed by atoms with Crippen molar-refractivity contribution in [2.75, 3.05) is 0 Å². The Kier molecular flexibility index (Phi) is 4.26. The van der Waals surface area contributed by atoms with Crippen molar-refractivity contribution in [2.45, 2.75) is 43.9 Å². The van der Waals surface area contributed by atoms with Gasteiger partial charge in [-0.05, 0) is 95.8 Å². The highest BCUT2D eigenvalue weighted by atomic mass is 16.3.